The molecule has 1 fully saturated rings. The largest absolute Gasteiger partial charge is 0.459 e. The van der Waals surface area contributed by atoms with E-state index < -0.39 is 0 Å². The average Bonchev–Trinajstić information content (AvgIpc) is 3.19. The minimum atomic E-state index is -0.314. The fourth-order valence-corrected chi connectivity index (χ4v) is 2.55. The number of nitrogens with one attached hydrogen (secondary N) is 1. The summed E-state index contributed by atoms with van der Waals surface area (Å²) >= 11 is 0. The zero-order valence-corrected chi connectivity index (χ0v) is 11.4. The molecule has 2 atom stereocenters. The molecule has 0 saturated carbocycles. The second kappa shape index (κ2) is 6.10. The molecule has 1 N–H and O–H groups in total. The van der Waals surface area contributed by atoms with E-state index in [1.54, 1.807) is 24.3 Å². The number of carbonyl (C=O) groups is 1. The van der Waals surface area contributed by atoms with Crippen molar-refractivity contribution in [1.29, 1.82) is 0 Å². The maximum atomic E-state index is 13.1. The number of rotatable bonds is 4. The lowest BCUT2D eigenvalue weighted by molar-refractivity contribution is 0.0658. The van der Waals surface area contributed by atoms with E-state index in [1.165, 1.54) is 18.4 Å². The Morgan fingerprint density at radius 1 is 1.29 bits per heavy atom. The average molecular weight is 289 g/mol. The second-order valence-electron chi connectivity index (χ2n) is 5.03. The van der Waals surface area contributed by atoms with Gasteiger partial charge in [0.15, 0.2) is 5.76 Å². The summed E-state index contributed by atoms with van der Waals surface area (Å²) in [6.07, 6.45) is 3.17. The normalized spacial score (nSPS) is 19.4. The summed E-state index contributed by atoms with van der Waals surface area (Å²) in [6, 6.07) is 9.06. The molecule has 4 nitrogen and oxygen atoms in total. The lowest BCUT2D eigenvalue weighted by Gasteiger charge is -2.24. The van der Waals surface area contributed by atoms with Crippen molar-refractivity contribution in [3.63, 3.8) is 0 Å². The third-order valence-electron chi connectivity index (χ3n) is 3.60. The van der Waals surface area contributed by atoms with E-state index in [0.29, 0.717) is 6.61 Å². The van der Waals surface area contributed by atoms with E-state index >= 15 is 0 Å². The number of ether oxygens (including phenoxy) is 1. The van der Waals surface area contributed by atoms with E-state index in [-0.39, 0.29) is 29.6 Å². The Kier molecular flexibility index (Phi) is 4.01. The molecule has 2 unspecified atom stereocenters. The monoisotopic (exact) mass is 289 g/mol. The second-order valence-corrected chi connectivity index (χ2v) is 5.03. The molecule has 5 heteroatoms. The SMILES string of the molecule is O=C(NC(c1ccc(F)cc1)C1CCCO1)c1ccco1. The minimum Gasteiger partial charge on any atom is -0.459 e. The highest BCUT2D eigenvalue weighted by atomic mass is 19.1. The number of carbonyl (C=O) groups excluding carboxylic acids is 1. The molecule has 2 heterocycles. The van der Waals surface area contributed by atoms with Crippen LogP contribution in [0.5, 0.6) is 0 Å². The van der Waals surface area contributed by atoms with Gasteiger partial charge >= 0.3 is 0 Å². The topological polar surface area (TPSA) is 51.5 Å². The van der Waals surface area contributed by atoms with Gasteiger partial charge in [-0.2, -0.15) is 0 Å². The van der Waals surface area contributed by atoms with Crippen LogP contribution in [0.25, 0.3) is 0 Å². The first-order chi connectivity index (χ1) is 10.2. The highest BCUT2D eigenvalue weighted by Crippen LogP contribution is 2.27. The molecule has 0 spiro atoms. The maximum absolute atomic E-state index is 13.1. The van der Waals surface area contributed by atoms with Crippen LogP contribution in [0.1, 0.15) is 35.0 Å². The van der Waals surface area contributed by atoms with Crippen molar-refractivity contribution in [1.82, 2.24) is 5.32 Å². The molecule has 1 aliphatic heterocycles. The maximum Gasteiger partial charge on any atom is 0.287 e. The van der Waals surface area contributed by atoms with Gasteiger partial charge in [0.25, 0.3) is 5.91 Å². The van der Waals surface area contributed by atoms with Gasteiger partial charge in [-0.3, -0.25) is 4.79 Å². The molecular weight excluding hydrogens is 273 g/mol. The summed E-state index contributed by atoms with van der Waals surface area (Å²) in [7, 11) is 0. The summed E-state index contributed by atoms with van der Waals surface area (Å²) in [4.78, 5) is 12.2. The number of amides is 1. The van der Waals surface area contributed by atoms with E-state index in [1.807, 2.05) is 0 Å². The lowest BCUT2D eigenvalue weighted by atomic mass is 9.99. The predicted octanol–water partition coefficient (Wildman–Crippen LogP) is 3.07. The Morgan fingerprint density at radius 3 is 2.71 bits per heavy atom. The smallest absolute Gasteiger partial charge is 0.287 e. The molecule has 1 aromatic carbocycles. The molecule has 0 radical (unpaired) electrons. The molecule has 1 aliphatic rings. The number of furan rings is 1. The highest BCUT2D eigenvalue weighted by Gasteiger charge is 2.29. The molecule has 2 aromatic rings. The van der Waals surface area contributed by atoms with E-state index in [9.17, 15) is 9.18 Å². The minimum absolute atomic E-state index is 0.102. The summed E-state index contributed by atoms with van der Waals surface area (Å²) in [5.41, 5.74) is 0.822. The number of benzene rings is 1. The van der Waals surface area contributed by atoms with E-state index in [0.717, 1.165) is 18.4 Å². The molecule has 110 valence electrons. The van der Waals surface area contributed by atoms with Crippen molar-refractivity contribution >= 4 is 5.91 Å². The molecule has 0 aliphatic carbocycles. The van der Waals surface area contributed by atoms with Gasteiger partial charge in [0.2, 0.25) is 0 Å². The van der Waals surface area contributed by atoms with Crippen LogP contribution in [0.3, 0.4) is 0 Å². The molecular formula is C16H16FNO3. The molecule has 1 saturated heterocycles. The van der Waals surface area contributed by atoms with Crippen molar-refractivity contribution in [3.8, 4) is 0 Å². The zero-order valence-electron chi connectivity index (χ0n) is 11.4. The summed E-state index contributed by atoms with van der Waals surface area (Å²) in [6.45, 7) is 0.680. The molecule has 21 heavy (non-hydrogen) atoms. The lowest BCUT2D eigenvalue weighted by Crippen LogP contribution is -2.36. The van der Waals surface area contributed by atoms with Gasteiger partial charge in [0.05, 0.1) is 18.4 Å². The predicted molar refractivity (Wildman–Crippen MR) is 74.3 cm³/mol. The highest BCUT2D eigenvalue weighted by molar-refractivity contribution is 5.91. The molecule has 1 aromatic heterocycles. The van der Waals surface area contributed by atoms with Crippen LogP contribution in [0.2, 0.25) is 0 Å². The first-order valence-corrected chi connectivity index (χ1v) is 6.95. The van der Waals surface area contributed by atoms with Crippen LogP contribution < -0.4 is 5.32 Å². The van der Waals surface area contributed by atoms with Crippen LogP contribution in [0.15, 0.2) is 47.1 Å². The number of halogens is 1. The first kappa shape index (κ1) is 13.8. The molecule has 0 bridgehead atoms. The van der Waals surface area contributed by atoms with Gasteiger partial charge < -0.3 is 14.5 Å². The van der Waals surface area contributed by atoms with Gasteiger partial charge in [-0.05, 0) is 42.7 Å². The molecule has 3 rings (SSSR count). The van der Waals surface area contributed by atoms with Crippen LogP contribution >= 0.6 is 0 Å². The Morgan fingerprint density at radius 2 is 2.10 bits per heavy atom. The summed E-state index contributed by atoms with van der Waals surface area (Å²) in [5, 5.41) is 2.92. The van der Waals surface area contributed by atoms with Crippen LogP contribution in [-0.4, -0.2) is 18.6 Å². The number of hydrogen-bond acceptors (Lipinski definition) is 3. The van der Waals surface area contributed by atoms with Crippen LogP contribution in [-0.2, 0) is 4.74 Å². The van der Waals surface area contributed by atoms with Gasteiger partial charge in [-0.15, -0.1) is 0 Å². The summed E-state index contributed by atoms with van der Waals surface area (Å²) < 4.78 is 23.9. The van der Waals surface area contributed by atoms with Crippen molar-refractivity contribution in [2.45, 2.75) is 25.0 Å². The third kappa shape index (κ3) is 3.13. The van der Waals surface area contributed by atoms with Crippen LogP contribution in [0, 0.1) is 5.82 Å². The van der Waals surface area contributed by atoms with E-state index in [2.05, 4.69) is 5.32 Å². The van der Waals surface area contributed by atoms with Gasteiger partial charge in [-0.25, -0.2) is 4.39 Å². The number of hydrogen-bond donors (Lipinski definition) is 1. The summed E-state index contributed by atoms with van der Waals surface area (Å²) in [5.74, 6) is -0.355. The van der Waals surface area contributed by atoms with Gasteiger partial charge in [0, 0.05) is 6.61 Å². The fraction of sp³-hybridized carbons (Fsp3) is 0.312. The Hall–Kier alpha value is -2.14. The van der Waals surface area contributed by atoms with Crippen molar-refractivity contribution < 1.29 is 18.3 Å². The van der Waals surface area contributed by atoms with E-state index in [4.69, 9.17) is 9.15 Å². The van der Waals surface area contributed by atoms with Crippen LogP contribution in [0.4, 0.5) is 4.39 Å². The third-order valence-corrected chi connectivity index (χ3v) is 3.60. The molecule has 1 amide bonds. The Labute approximate surface area is 121 Å². The van der Waals surface area contributed by atoms with Gasteiger partial charge in [0.1, 0.15) is 5.82 Å². The van der Waals surface area contributed by atoms with Crippen molar-refractivity contribution in [3.05, 3.63) is 59.8 Å². The van der Waals surface area contributed by atoms with Gasteiger partial charge in [-0.1, -0.05) is 12.1 Å². The Balaban J connectivity index is 1.82. The fourth-order valence-electron chi connectivity index (χ4n) is 2.55. The Bertz CT molecular complexity index is 588. The first-order valence-electron chi connectivity index (χ1n) is 6.95. The zero-order chi connectivity index (χ0) is 14.7. The quantitative estimate of drug-likeness (QED) is 0.941. The standard InChI is InChI=1S/C16H16FNO3/c17-12-7-5-11(6-8-12)15(13-3-1-9-20-13)18-16(19)14-4-2-10-21-14/h2,4-8,10,13,15H,1,3,9H2,(H,18,19). The van der Waals surface area contributed by atoms with Crippen molar-refractivity contribution in [2.24, 2.45) is 0 Å². The van der Waals surface area contributed by atoms with Crippen molar-refractivity contribution in [2.75, 3.05) is 6.61 Å².